The van der Waals surface area contributed by atoms with E-state index in [1.165, 1.54) is 7.11 Å². The van der Waals surface area contributed by atoms with Gasteiger partial charge in [-0.25, -0.2) is 0 Å². The van der Waals surface area contributed by atoms with Gasteiger partial charge in [-0.2, -0.15) is 0 Å². The molecule has 7 nitrogen and oxygen atoms in total. The predicted molar refractivity (Wildman–Crippen MR) is 87.3 cm³/mol. The summed E-state index contributed by atoms with van der Waals surface area (Å²) in [6, 6.07) is 3.59. The Morgan fingerprint density at radius 3 is 3.12 bits per heavy atom. The predicted octanol–water partition coefficient (Wildman–Crippen LogP) is 0.920. The summed E-state index contributed by atoms with van der Waals surface area (Å²) in [7, 11) is 1.52. The largest absolute Gasteiger partial charge is 0.377 e. The number of carbonyl (C=O) groups is 2. The molecule has 3 heterocycles. The third kappa shape index (κ3) is 3.91. The van der Waals surface area contributed by atoms with Gasteiger partial charge < -0.3 is 19.7 Å². The highest BCUT2D eigenvalue weighted by molar-refractivity contribution is 5.92. The molecule has 3 rings (SSSR count). The molecule has 0 spiro atoms. The molecule has 0 bridgehead atoms. The van der Waals surface area contributed by atoms with Gasteiger partial charge in [-0.05, 0) is 25.0 Å². The van der Waals surface area contributed by atoms with Crippen molar-refractivity contribution in [1.82, 2.24) is 9.88 Å². The summed E-state index contributed by atoms with van der Waals surface area (Å²) >= 11 is 0. The first kappa shape index (κ1) is 16.9. The number of methoxy groups -OCH3 is 1. The lowest BCUT2D eigenvalue weighted by Crippen LogP contribution is -2.52. The molecule has 2 aliphatic rings. The van der Waals surface area contributed by atoms with Crippen molar-refractivity contribution in [2.45, 2.75) is 18.9 Å². The zero-order valence-electron chi connectivity index (χ0n) is 13.8. The molecule has 2 aliphatic heterocycles. The van der Waals surface area contributed by atoms with Crippen LogP contribution in [0.1, 0.15) is 12.8 Å². The van der Waals surface area contributed by atoms with Gasteiger partial charge in [0.1, 0.15) is 6.61 Å². The number of amides is 2. The maximum Gasteiger partial charge on any atom is 0.248 e. The van der Waals surface area contributed by atoms with E-state index in [2.05, 4.69) is 10.3 Å². The Morgan fingerprint density at radius 1 is 1.50 bits per heavy atom. The van der Waals surface area contributed by atoms with E-state index in [-0.39, 0.29) is 36.4 Å². The molecule has 130 valence electrons. The van der Waals surface area contributed by atoms with Crippen molar-refractivity contribution in [3.05, 3.63) is 24.5 Å². The Kier molecular flexibility index (Phi) is 5.42. The van der Waals surface area contributed by atoms with Crippen LogP contribution in [0.15, 0.2) is 24.5 Å². The number of piperidine rings is 1. The minimum Gasteiger partial charge on any atom is -0.377 e. The minimum atomic E-state index is -0.205. The first-order valence-electron chi connectivity index (χ1n) is 8.26. The number of aromatic nitrogens is 1. The highest BCUT2D eigenvalue weighted by Crippen LogP contribution is 2.32. The van der Waals surface area contributed by atoms with E-state index in [1.54, 1.807) is 18.5 Å². The lowest BCUT2D eigenvalue weighted by Gasteiger charge is -2.43. The van der Waals surface area contributed by atoms with E-state index in [4.69, 9.17) is 9.47 Å². The Balaban J connectivity index is 1.57. The summed E-state index contributed by atoms with van der Waals surface area (Å²) in [5.74, 6) is -0.0680. The quantitative estimate of drug-likeness (QED) is 0.886. The van der Waals surface area contributed by atoms with Crippen molar-refractivity contribution in [2.75, 3.05) is 38.7 Å². The molecular weight excluding hydrogens is 310 g/mol. The van der Waals surface area contributed by atoms with E-state index in [9.17, 15) is 9.59 Å². The number of hydrogen-bond acceptors (Lipinski definition) is 5. The minimum absolute atomic E-state index is 0.00196. The number of likely N-dealkylation sites (tertiary alicyclic amines) is 1. The fraction of sp³-hybridized carbons (Fsp3) is 0.588. The van der Waals surface area contributed by atoms with Crippen LogP contribution in [-0.2, 0) is 19.1 Å². The van der Waals surface area contributed by atoms with Gasteiger partial charge in [0.05, 0.1) is 30.5 Å². The Bertz CT molecular complexity index is 580. The number of anilines is 1. The van der Waals surface area contributed by atoms with Crippen LogP contribution in [0.25, 0.3) is 0 Å². The van der Waals surface area contributed by atoms with Crippen LogP contribution in [0.4, 0.5) is 5.69 Å². The van der Waals surface area contributed by atoms with Gasteiger partial charge in [0.15, 0.2) is 0 Å². The van der Waals surface area contributed by atoms with Crippen LogP contribution in [0, 0.1) is 11.8 Å². The third-order valence-corrected chi connectivity index (χ3v) is 4.68. The lowest BCUT2D eigenvalue weighted by molar-refractivity contribution is -0.147. The number of nitrogens with zero attached hydrogens (tertiary/aromatic N) is 2. The van der Waals surface area contributed by atoms with Crippen molar-refractivity contribution < 1.29 is 19.1 Å². The number of nitrogens with one attached hydrogen (secondary N) is 1. The van der Waals surface area contributed by atoms with Gasteiger partial charge in [-0.1, -0.05) is 0 Å². The standard InChI is InChI=1S/C17H23N3O4/c1-23-11-16(21)20-6-4-15-12(9-20)7-13(10-24-15)17(22)19-14-3-2-5-18-8-14/h2-3,5,8,12-13,15H,4,6-7,9-11H2,1H3,(H,19,22)/t12-,13-,15+/m0/s1. The number of rotatable bonds is 4. The monoisotopic (exact) mass is 333 g/mol. The molecule has 0 unspecified atom stereocenters. The summed E-state index contributed by atoms with van der Waals surface area (Å²) in [5.41, 5.74) is 0.685. The first-order chi connectivity index (χ1) is 11.7. The van der Waals surface area contributed by atoms with E-state index in [1.807, 2.05) is 11.0 Å². The molecule has 1 N–H and O–H groups in total. The second-order valence-electron chi connectivity index (χ2n) is 6.36. The molecule has 0 aromatic carbocycles. The Labute approximate surface area is 141 Å². The molecule has 0 saturated carbocycles. The molecule has 2 saturated heterocycles. The number of carbonyl (C=O) groups excluding carboxylic acids is 2. The zero-order valence-corrected chi connectivity index (χ0v) is 13.8. The maximum absolute atomic E-state index is 12.4. The zero-order chi connectivity index (χ0) is 16.9. The summed E-state index contributed by atoms with van der Waals surface area (Å²) in [6.07, 6.45) is 4.97. The van der Waals surface area contributed by atoms with Crippen molar-refractivity contribution in [1.29, 1.82) is 0 Å². The van der Waals surface area contributed by atoms with Crippen molar-refractivity contribution in [3.63, 3.8) is 0 Å². The van der Waals surface area contributed by atoms with Crippen LogP contribution >= 0.6 is 0 Å². The van der Waals surface area contributed by atoms with Crippen LogP contribution in [0.3, 0.4) is 0 Å². The summed E-state index contributed by atoms with van der Waals surface area (Å²) in [5, 5.41) is 2.88. The van der Waals surface area contributed by atoms with Crippen LogP contribution in [0.2, 0.25) is 0 Å². The molecule has 2 fully saturated rings. The number of fused-ring (bicyclic) bond motifs is 1. The Hall–Kier alpha value is -1.99. The van der Waals surface area contributed by atoms with Crippen LogP contribution in [-0.4, -0.2) is 61.2 Å². The second-order valence-corrected chi connectivity index (χ2v) is 6.36. The fourth-order valence-corrected chi connectivity index (χ4v) is 3.43. The molecule has 2 amide bonds. The van der Waals surface area contributed by atoms with Gasteiger partial charge in [0.25, 0.3) is 0 Å². The normalized spacial score (nSPS) is 26.5. The van der Waals surface area contributed by atoms with Crippen LogP contribution < -0.4 is 5.32 Å². The topological polar surface area (TPSA) is 80.8 Å². The summed E-state index contributed by atoms with van der Waals surface area (Å²) in [6.45, 7) is 1.85. The van der Waals surface area contributed by atoms with Crippen molar-refractivity contribution in [3.8, 4) is 0 Å². The van der Waals surface area contributed by atoms with E-state index < -0.39 is 0 Å². The van der Waals surface area contributed by atoms with Gasteiger partial charge in [0.2, 0.25) is 11.8 Å². The smallest absolute Gasteiger partial charge is 0.248 e. The van der Waals surface area contributed by atoms with E-state index in [0.717, 1.165) is 12.8 Å². The van der Waals surface area contributed by atoms with E-state index >= 15 is 0 Å². The highest BCUT2D eigenvalue weighted by Gasteiger charge is 2.39. The third-order valence-electron chi connectivity index (χ3n) is 4.68. The molecule has 24 heavy (non-hydrogen) atoms. The number of hydrogen-bond donors (Lipinski definition) is 1. The van der Waals surface area contributed by atoms with E-state index in [0.29, 0.717) is 25.4 Å². The Morgan fingerprint density at radius 2 is 2.38 bits per heavy atom. The van der Waals surface area contributed by atoms with Gasteiger partial charge >= 0.3 is 0 Å². The van der Waals surface area contributed by atoms with Gasteiger partial charge in [-0.3, -0.25) is 14.6 Å². The molecule has 0 radical (unpaired) electrons. The molecule has 1 aromatic heterocycles. The summed E-state index contributed by atoms with van der Waals surface area (Å²) < 4.78 is 10.8. The van der Waals surface area contributed by atoms with Crippen molar-refractivity contribution in [2.24, 2.45) is 11.8 Å². The molecule has 3 atom stereocenters. The average molecular weight is 333 g/mol. The lowest BCUT2D eigenvalue weighted by atomic mass is 9.83. The second kappa shape index (κ2) is 7.72. The SMILES string of the molecule is COCC(=O)N1CC[C@H]2OC[C@@H](C(=O)Nc3cccnc3)C[C@H]2C1. The highest BCUT2D eigenvalue weighted by atomic mass is 16.5. The molecular formula is C17H23N3O4. The first-order valence-corrected chi connectivity index (χ1v) is 8.26. The van der Waals surface area contributed by atoms with Crippen LogP contribution in [0.5, 0.6) is 0 Å². The molecule has 0 aliphatic carbocycles. The van der Waals surface area contributed by atoms with Gasteiger partial charge in [-0.15, -0.1) is 0 Å². The maximum atomic E-state index is 12.4. The molecule has 7 heteroatoms. The fourth-order valence-electron chi connectivity index (χ4n) is 3.43. The number of ether oxygens (including phenoxy) is 2. The average Bonchev–Trinajstić information content (AvgIpc) is 2.61. The molecule has 1 aromatic rings. The van der Waals surface area contributed by atoms with Gasteiger partial charge in [0, 0.05) is 32.3 Å². The number of pyridine rings is 1. The summed E-state index contributed by atoms with van der Waals surface area (Å²) in [4.78, 5) is 30.3. The van der Waals surface area contributed by atoms with Crippen molar-refractivity contribution >= 4 is 17.5 Å².